The maximum atomic E-state index is 13.9. The number of hydrogen-bond donors (Lipinski definition) is 0. The van der Waals surface area contributed by atoms with Gasteiger partial charge in [0.1, 0.15) is 23.7 Å². The maximum absolute atomic E-state index is 13.9. The Balaban J connectivity index is 2.46. The van der Waals surface area contributed by atoms with Crippen LogP contribution < -0.4 is 4.74 Å². The van der Waals surface area contributed by atoms with Gasteiger partial charge in [0.25, 0.3) is 0 Å². The van der Waals surface area contributed by atoms with Crippen molar-refractivity contribution in [3.8, 4) is 5.75 Å². The summed E-state index contributed by atoms with van der Waals surface area (Å²) in [6.45, 7) is 1.54. The van der Waals surface area contributed by atoms with Crippen LogP contribution in [0, 0.1) is 18.6 Å². The number of ether oxygens (including phenoxy) is 1. The molecule has 104 valence electrons. The monoisotopic (exact) mass is 276 g/mol. The summed E-state index contributed by atoms with van der Waals surface area (Å²) < 4.78 is 32.2. The molecule has 2 nitrogen and oxygen atoms in total. The molecule has 2 rings (SSSR count). The number of carbonyl (C=O) groups is 1. The maximum Gasteiger partial charge on any atom is 0.131 e. The van der Waals surface area contributed by atoms with E-state index in [2.05, 4.69) is 0 Å². The second kappa shape index (κ2) is 5.82. The van der Waals surface area contributed by atoms with Crippen LogP contribution in [-0.4, -0.2) is 13.4 Å². The molecular weight excluding hydrogens is 262 g/mol. The van der Waals surface area contributed by atoms with E-state index in [-0.39, 0.29) is 5.56 Å². The van der Waals surface area contributed by atoms with Crippen molar-refractivity contribution in [3.05, 3.63) is 64.7 Å². The fraction of sp³-hybridized carbons (Fsp3) is 0.188. The Labute approximate surface area is 116 Å². The van der Waals surface area contributed by atoms with Gasteiger partial charge in [-0.3, -0.25) is 0 Å². The summed E-state index contributed by atoms with van der Waals surface area (Å²) in [5.74, 6) is -1.46. The molecule has 1 unspecified atom stereocenters. The topological polar surface area (TPSA) is 26.3 Å². The van der Waals surface area contributed by atoms with E-state index in [4.69, 9.17) is 4.74 Å². The van der Waals surface area contributed by atoms with Crippen LogP contribution in [0.15, 0.2) is 36.4 Å². The van der Waals surface area contributed by atoms with Gasteiger partial charge in [-0.15, -0.1) is 0 Å². The number of benzene rings is 2. The molecule has 0 heterocycles. The Morgan fingerprint density at radius 1 is 1.10 bits per heavy atom. The molecule has 0 N–H and O–H groups in total. The van der Waals surface area contributed by atoms with Crippen LogP contribution in [0.1, 0.15) is 22.6 Å². The van der Waals surface area contributed by atoms with Crippen molar-refractivity contribution in [2.24, 2.45) is 0 Å². The summed E-state index contributed by atoms with van der Waals surface area (Å²) >= 11 is 0. The predicted octanol–water partition coefficient (Wildman–Crippen LogP) is 3.61. The highest BCUT2D eigenvalue weighted by Crippen LogP contribution is 2.28. The van der Waals surface area contributed by atoms with E-state index >= 15 is 0 Å². The fourth-order valence-corrected chi connectivity index (χ4v) is 2.06. The van der Waals surface area contributed by atoms with Crippen LogP contribution in [0.5, 0.6) is 5.75 Å². The van der Waals surface area contributed by atoms with Crippen LogP contribution in [0.4, 0.5) is 8.78 Å². The van der Waals surface area contributed by atoms with Crippen LogP contribution >= 0.6 is 0 Å². The molecule has 0 radical (unpaired) electrons. The average Bonchev–Trinajstić information content (AvgIpc) is 2.46. The van der Waals surface area contributed by atoms with Crippen molar-refractivity contribution in [1.29, 1.82) is 0 Å². The molecule has 1 atom stereocenters. The third-order valence-corrected chi connectivity index (χ3v) is 3.22. The summed E-state index contributed by atoms with van der Waals surface area (Å²) in [5.41, 5.74) is 1.11. The lowest BCUT2D eigenvalue weighted by molar-refractivity contribution is -0.108. The van der Waals surface area contributed by atoms with E-state index < -0.39 is 17.6 Å². The number of aryl methyl sites for hydroxylation is 1. The van der Waals surface area contributed by atoms with E-state index in [9.17, 15) is 13.6 Å². The SMILES string of the molecule is COc1ccc(C(C=O)c2cc(C)c(F)cc2F)cc1. The zero-order valence-corrected chi connectivity index (χ0v) is 11.2. The van der Waals surface area contributed by atoms with Crippen LogP contribution in [0.25, 0.3) is 0 Å². The second-order valence-corrected chi connectivity index (χ2v) is 4.51. The van der Waals surface area contributed by atoms with Gasteiger partial charge in [0, 0.05) is 11.6 Å². The molecular formula is C16H14F2O2. The van der Waals surface area contributed by atoms with Gasteiger partial charge in [-0.2, -0.15) is 0 Å². The van der Waals surface area contributed by atoms with Gasteiger partial charge in [-0.05, 0) is 36.2 Å². The molecule has 0 saturated heterocycles. The minimum absolute atomic E-state index is 0.170. The summed E-state index contributed by atoms with van der Waals surface area (Å²) in [6.07, 6.45) is 0.650. The van der Waals surface area contributed by atoms with Crippen molar-refractivity contribution in [2.75, 3.05) is 7.11 Å². The first-order valence-corrected chi connectivity index (χ1v) is 6.11. The van der Waals surface area contributed by atoms with Gasteiger partial charge in [0.2, 0.25) is 0 Å². The Morgan fingerprint density at radius 2 is 1.75 bits per heavy atom. The molecule has 2 aromatic carbocycles. The summed E-state index contributed by atoms with van der Waals surface area (Å²) in [7, 11) is 1.54. The molecule has 0 aromatic heterocycles. The smallest absolute Gasteiger partial charge is 0.131 e. The highest BCUT2D eigenvalue weighted by molar-refractivity contribution is 5.68. The molecule has 0 fully saturated rings. The number of methoxy groups -OCH3 is 1. The Morgan fingerprint density at radius 3 is 2.30 bits per heavy atom. The van der Waals surface area contributed by atoms with E-state index in [1.807, 2.05) is 0 Å². The Bertz CT molecular complexity index is 621. The molecule has 0 spiro atoms. The largest absolute Gasteiger partial charge is 0.497 e. The second-order valence-electron chi connectivity index (χ2n) is 4.51. The van der Waals surface area contributed by atoms with Gasteiger partial charge in [0.05, 0.1) is 13.0 Å². The quantitative estimate of drug-likeness (QED) is 0.797. The third-order valence-electron chi connectivity index (χ3n) is 3.22. The molecule has 0 aliphatic carbocycles. The van der Waals surface area contributed by atoms with Crippen LogP contribution in [0.2, 0.25) is 0 Å². The van der Waals surface area contributed by atoms with Crippen molar-refractivity contribution in [2.45, 2.75) is 12.8 Å². The highest BCUT2D eigenvalue weighted by atomic mass is 19.1. The zero-order chi connectivity index (χ0) is 14.7. The lowest BCUT2D eigenvalue weighted by Gasteiger charge is -2.14. The molecule has 2 aromatic rings. The van der Waals surface area contributed by atoms with Gasteiger partial charge < -0.3 is 9.53 Å². The molecule has 4 heteroatoms. The van der Waals surface area contributed by atoms with Gasteiger partial charge in [-0.25, -0.2) is 8.78 Å². The van der Waals surface area contributed by atoms with E-state index in [0.717, 1.165) is 6.07 Å². The Hall–Kier alpha value is -2.23. The normalized spacial score (nSPS) is 12.0. The molecule has 0 bridgehead atoms. The highest BCUT2D eigenvalue weighted by Gasteiger charge is 2.19. The summed E-state index contributed by atoms with van der Waals surface area (Å²) in [5, 5.41) is 0. The van der Waals surface area contributed by atoms with Gasteiger partial charge >= 0.3 is 0 Å². The first-order valence-electron chi connectivity index (χ1n) is 6.11. The van der Waals surface area contributed by atoms with Crippen molar-refractivity contribution < 1.29 is 18.3 Å². The van der Waals surface area contributed by atoms with Crippen molar-refractivity contribution >= 4 is 6.29 Å². The average molecular weight is 276 g/mol. The van der Waals surface area contributed by atoms with Gasteiger partial charge in [0.15, 0.2) is 0 Å². The van der Waals surface area contributed by atoms with E-state index in [1.54, 1.807) is 24.3 Å². The first-order chi connectivity index (χ1) is 9.56. The first kappa shape index (κ1) is 14.2. The molecule has 0 saturated carbocycles. The number of aldehydes is 1. The molecule has 0 aliphatic heterocycles. The zero-order valence-electron chi connectivity index (χ0n) is 11.2. The predicted molar refractivity (Wildman–Crippen MR) is 72.0 cm³/mol. The lowest BCUT2D eigenvalue weighted by Crippen LogP contribution is -2.06. The lowest BCUT2D eigenvalue weighted by atomic mass is 9.91. The molecule has 20 heavy (non-hydrogen) atoms. The van der Waals surface area contributed by atoms with Gasteiger partial charge in [-0.1, -0.05) is 12.1 Å². The standard InChI is InChI=1S/C16H14F2O2/c1-10-7-13(16(18)8-15(10)17)14(9-19)11-3-5-12(20-2)6-4-11/h3-9,14H,1-2H3. The van der Waals surface area contributed by atoms with E-state index in [0.29, 0.717) is 23.2 Å². The fourth-order valence-electron chi connectivity index (χ4n) is 2.06. The minimum Gasteiger partial charge on any atom is -0.497 e. The Kier molecular flexibility index (Phi) is 4.13. The number of carbonyl (C=O) groups excluding carboxylic acids is 1. The third kappa shape index (κ3) is 2.69. The minimum atomic E-state index is -0.764. The summed E-state index contributed by atoms with van der Waals surface area (Å²) in [6, 6.07) is 8.95. The summed E-state index contributed by atoms with van der Waals surface area (Å²) in [4.78, 5) is 11.3. The number of halogens is 2. The van der Waals surface area contributed by atoms with E-state index in [1.165, 1.54) is 20.1 Å². The van der Waals surface area contributed by atoms with Crippen molar-refractivity contribution in [3.63, 3.8) is 0 Å². The van der Waals surface area contributed by atoms with Crippen LogP contribution in [0.3, 0.4) is 0 Å². The number of rotatable bonds is 4. The van der Waals surface area contributed by atoms with Crippen LogP contribution in [-0.2, 0) is 4.79 Å². The number of hydrogen-bond acceptors (Lipinski definition) is 2. The molecule has 0 aliphatic rings. The van der Waals surface area contributed by atoms with Crippen molar-refractivity contribution in [1.82, 2.24) is 0 Å². The molecule has 0 amide bonds.